The number of carbonyl (C=O) groups is 2. The first kappa shape index (κ1) is 13.4. The fourth-order valence-electron chi connectivity index (χ4n) is 2.44. The first-order valence-electron chi connectivity index (χ1n) is 6.16. The summed E-state index contributed by atoms with van der Waals surface area (Å²) in [4.78, 5) is 23.3. The highest BCUT2D eigenvalue weighted by atomic mass is 32.2. The van der Waals surface area contributed by atoms with Gasteiger partial charge in [-0.3, -0.25) is 13.8 Å². The van der Waals surface area contributed by atoms with Gasteiger partial charge >= 0.3 is 5.24 Å². The molecule has 0 spiro atoms. The van der Waals surface area contributed by atoms with Crippen molar-refractivity contribution in [1.82, 2.24) is 0 Å². The zero-order valence-corrected chi connectivity index (χ0v) is 11.7. The zero-order chi connectivity index (χ0) is 15.2. The molecule has 21 heavy (non-hydrogen) atoms. The minimum absolute atomic E-state index is 0.241. The molecule has 0 fully saturated rings. The topological polar surface area (TPSA) is 103 Å². The van der Waals surface area contributed by atoms with Crippen LogP contribution >= 0.6 is 0 Å². The lowest BCUT2D eigenvalue weighted by molar-refractivity contribution is -0.111. The van der Waals surface area contributed by atoms with Gasteiger partial charge < -0.3 is 11.5 Å². The van der Waals surface area contributed by atoms with Crippen molar-refractivity contribution in [2.45, 2.75) is 4.90 Å². The van der Waals surface area contributed by atoms with Crippen molar-refractivity contribution in [2.24, 2.45) is 11.5 Å². The third-order valence-corrected chi connectivity index (χ3v) is 5.93. The van der Waals surface area contributed by atoms with Crippen molar-refractivity contribution in [2.75, 3.05) is 0 Å². The normalized spacial score (nSPS) is 20.3. The number of amides is 2. The van der Waals surface area contributed by atoms with Gasteiger partial charge in [0.2, 0.25) is 0 Å². The van der Waals surface area contributed by atoms with E-state index in [1.807, 2.05) is 30.3 Å². The van der Waals surface area contributed by atoms with E-state index >= 15 is 0 Å². The summed E-state index contributed by atoms with van der Waals surface area (Å²) in [7, 11) is -3.50. The van der Waals surface area contributed by atoms with Gasteiger partial charge in [-0.25, -0.2) is 0 Å². The van der Waals surface area contributed by atoms with Crippen LogP contribution in [-0.4, -0.2) is 20.2 Å². The molecule has 2 aromatic carbocycles. The number of nitrogens with two attached hydrogens (primary N) is 2. The van der Waals surface area contributed by atoms with Crippen LogP contribution in [0.3, 0.4) is 0 Å². The highest BCUT2D eigenvalue weighted by Gasteiger charge is 2.30. The van der Waals surface area contributed by atoms with Gasteiger partial charge in [0.15, 0.2) is 0 Å². The van der Waals surface area contributed by atoms with Crippen molar-refractivity contribution in [1.29, 1.82) is 0 Å². The minimum atomic E-state index is -3.50. The molecule has 0 bridgehead atoms. The molecule has 1 unspecified atom stereocenters. The van der Waals surface area contributed by atoms with Gasteiger partial charge in [0, 0.05) is 4.90 Å². The SMILES string of the molecule is NC(=O)C1=S(=O)(C(N)=O)c2cc3ccccc3cc2C=C1. The molecule has 6 heteroatoms. The Balaban J connectivity index is 2.49. The number of fused-ring (bicyclic) bond motifs is 2. The first-order chi connectivity index (χ1) is 9.94. The van der Waals surface area contributed by atoms with Gasteiger partial charge in [0.05, 0.1) is 9.52 Å². The van der Waals surface area contributed by atoms with E-state index in [0.29, 0.717) is 5.56 Å². The van der Waals surface area contributed by atoms with E-state index in [2.05, 4.69) is 0 Å². The molecule has 0 saturated heterocycles. The Hall–Kier alpha value is -2.60. The summed E-state index contributed by atoms with van der Waals surface area (Å²) in [6.45, 7) is 0. The maximum atomic E-state index is 13.1. The minimum Gasteiger partial charge on any atom is -0.365 e. The Bertz CT molecular complexity index is 951. The Morgan fingerprint density at radius 1 is 0.952 bits per heavy atom. The van der Waals surface area contributed by atoms with Crippen LogP contribution in [0.4, 0.5) is 4.79 Å². The van der Waals surface area contributed by atoms with E-state index in [1.165, 1.54) is 6.08 Å². The van der Waals surface area contributed by atoms with E-state index in [0.717, 1.165) is 10.8 Å². The summed E-state index contributed by atoms with van der Waals surface area (Å²) in [6, 6.07) is 10.9. The van der Waals surface area contributed by atoms with Gasteiger partial charge in [0.1, 0.15) is 4.86 Å². The lowest BCUT2D eigenvalue weighted by Crippen LogP contribution is -2.36. The molecule has 2 amide bonds. The molecular weight excluding hydrogens is 288 g/mol. The van der Waals surface area contributed by atoms with Gasteiger partial charge in [-0.1, -0.05) is 30.3 Å². The van der Waals surface area contributed by atoms with Crippen LogP contribution in [-0.2, 0) is 14.3 Å². The fourth-order valence-corrected chi connectivity index (χ4v) is 4.40. The van der Waals surface area contributed by atoms with Crippen molar-refractivity contribution < 1.29 is 13.8 Å². The van der Waals surface area contributed by atoms with Crippen molar-refractivity contribution in [3.8, 4) is 0 Å². The Labute approximate surface area is 121 Å². The molecule has 4 N–H and O–H groups in total. The average Bonchev–Trinajstić information content (AvgIpc) is 2.45. The van der Waals surface area contributed by atoms with Crippen LogP contribution < -0.4 is 11.5 Å². The smallest absolute Gasteiger partial charge is 0.304 e. The summed E-state index contributed by atoms with van der Waals surface area (Å²) in [5.74, 6) is -0.908. The number of rotatable bonds is 1. The van der Waals surface area contributed by atoms with Crippen molar-refractivity contribution in [3.63, 3.8) is 0 Å². The molecule has 1 aliphatic rings. The third-order valence-electron chi connectivity index (χ3n) is 3.44. The van der Waals surface area contributed by atoms with Crippen molar-refractivity contribution >= 4 is 42.4 Å². The van der Waals surface area contributed by atoms with Crippen LogP contribution in [0.15, 0.2) is 47.4 Å². The maximum Gasteiger partial charge on any atom is 0.304 e. The molecule has 0 saturated carbocycles. The Kier molecular flexibility index (Phi) is 2.84. The van der Waals surface area contributed by atoms with Gasteiger partial charge in [-0.05, 0) is 34.5 Å². The average molecular weight is 300 g/mol. The van der Waals surface area contributed by atoms with E-state index in [9.17, 15) is 13.8 Å². The molecule has 1 atom stereocenters. The van der Waals surface area contributed by atoms with E-state index in [1.54, 1.807) is 12.1 Å². The standard InChI is InChI=1S/C15H12N2O3S/c16-14(18)12-6-5-11-7-9-3-1-2-4-10(9)8-13(11)21(12,20)15(17)19/h1-8H,(H2,16,18)(H2,17,19). The second kappa shape index (κ2) is 4.46. The largest absolute Gasteiger partial charge is 0.365 e. The number of primary amides is 2. The van der Waals surface area contributed by atoms with E-state index < -0.39 is 20.7 Å². The predicted octanol–water partition coefficient (Wildman–Crippen LogP) is 1.25. The molecule has 5 nitrogen and oxygen atoms in total. The lowest BCUT2D eigenvalue weighted by Gasteiger charge is -2.18. The predicted molar refractivity (Wildman–Crippen MR) is 83.2 cm³/mol. The number of carbonyl (C=O) groups excluding carboxylic acids is 2. The summed E-state index contributed by atoms with van der Waals surface area (Å²) in [5.41, 5.74) is 11.1. The molecule has 1 aliphatic heterocycles. The van der Waals surface area contributed by atoms with Gasteiger partial charge in [-0.15, -0.1) is 0 Å². The quantitative estimate of drug-likeness (QED) is 0.774. The molecule has 0 aliphatic carbocycles. The first-order valence-corrected chi connectivity index (χ1v) is 7.72. The molecule has 0 aromatic heterocycles. The fraction of sp³-hybridized carbons (Fsp3) is 0. The Morgan fingerprint density at radius 2 is 1.57 bits per heavy atom. The number of hydrogen-bond acceptors (Lipinski definition) is 3. The van der Waals surface area contributed by atoms with E-state index in [4.69, 9.17) is 11.5 Å². The van der Waals surface area contributed by atoms with Crippen LogP contribution in [0.1, 0.15) is 5.56 Å². The molecule has 106 valence electrons. The van der Waals surface area contributed by atoms with Gasteiger partial charge in [0.25, 0.3) is 5.91 Å². The summed E-state index contributed by atoms with van der Waals surface area (Å²) < 4.78 is 13.1. The molecule has 1 heterocycles. The summed E-state index contributed by atoms with van der Waals surface area (Å²) in [5, 5.41) is 0.691. The zero-order valence-electron chi connectivity index (χ0n) is 10.9. The van der Waals surface area contributed by atoms with Gasteiger partial charge in [-0.2, -0.15) is 0 Å². The summed E-state index contributed by atoms with van der Waals surface area (Å²) in [6.07, 6.45) is 2.93. The number of hydrogen-bond donors (Lipinski definition) is 2. The Morgan fingerprint density at radius 3 is 2.14 bits per heavy atom. The lowest BCUT2D eigenvalue weighted by atomic mass is 10.1. The maximum absolute atomic E-state index is 13.1. The second-order valence-electron chi connectivity index (χ2n) is 4.67. The highest BCUT2D eigenvalue weighted by Crippen LogP contribution is 2.29. The number of benzene rings is 2. The van der Waals surface area contributed by atoms with Crippen molar-refractivity contribution in [3.05, 3.63) is 48.0 Å². The molecule has 2 aromatic rings. The second-order valence-corrected chi connectivity index (χ2v) is 7.07. The summed E-state index contributed by atoms with van der Waals surface area (Å²) >= 11 is 0. The van der Waals surface area contributed by atoms with Crippen LogP contribution in [0.5, 0.6) is 0 Å². The molecular formula is C15H12N2O3S. The van der Waals surface area contributed by atoms with E-state index in [-0.39, 0.29) is 9.76 Å². The highest BCUT2D eigenvalue weighted by molar-refractivity contribution is 8.16. The van der Waals surface area contributed by atoms with Crippen LogP contribution in [0.2, 0.25) is 0 Å². The monoisotopic (exact) mass is 300 g/mol. The molecule has 0 radical (unpaired) electrons. The van der Waals surface area contributed by atoms with Crippen LogP contribution in [0, 0.1) is 0 Å². The van der Waals surface area contributed by atoms with Crippen LogP contribution in [0.25, 0.3) is 16.8 Å². The molecule has 3 rings (SSSR count). The third kappa shape index (κ3) is 1.84.